The van der Waals surface area contributed by atoms with E-state index in [0.717, 1.165) is 98.4 Å². The fourth-order valence-electron chi connectivity index (χ4n) is 9.70. The zero-order valence-corrected chi connectivity index (χ0v) is 67.8. The molecular formula is C87H125N9O16. The van der Waals surface area contributed by atoms with Gasteiger partial charge in [0, 0.05) is 132 Å². The molecule has 0 bridgehead atoms. The van der Waals surface area contributed by atoms with Gasteiger partial charge in [0.25, 0.3) is 29.5 Å². The molecule has 0 radical (unpaired) electrons. The number of primary amides is 1. The number of ether oxygens (including phenoxy) is 1. The number of aliphatic hydroxyl groups is 5. The molecule has 0 spiro atoms. The summed E-state index contributed by atoms with van der Waals surface area (Å²) in [6.45, 7) is 8.30. The normalized spacial score (nSPS) is 12.1. The molecule has 5 unspecified atom stereocenters. The van der Waals surface area contributed by atoms with Crippen LogP contribution in [0.25, 0.3) is 24.3 Å². The van der Waals surface area contributed by atoms with Crippen molar-refractivity contribution in [2.75, 3.05) is 82.4 Å². The molecular weight excluding hydrogens is 1430 g/mol. The zero-order chi connectivity index (χ0) is 83.8. The summed E-state index contributed by atoms with van der Waals surface area (Å²) in [5, 5.41) is 58.4. The van der Waals surface area contributed by atoms with Crippen molar-refractivity contribution in [3.05, 3.63) is 201 Å². The Labute approximate surface area is 663 Å². The summed E-state index contributed by atoms with van der Waals surface area (Å²) < 4.78 is 4.57. The average molecular weight is 1550 g/mol. The van der Waals surface area contributed by atoms with E-state index in [-0.39, 0.29) is 122 Å². The molecule has 0 saturated carbocycles. The number of nitrogens with one attached hydrogen (secondary N) is 5. The first-order valence-electron chi connectivity index (χ1n) is 38.1. The standard InChI is InChI=1S/C19H28N2O3.C18H28N2O3.C17H24N2O3.C17H23NO4.C16H22N2O3/c1-15(14-22)20-19(24)17-11-8-10-16(13-17)9-6-4-5-7-12-18(23)21(2)3;1-14(13-21)19-18(23)16-10-7-9-15(12-16)8-5-4-6-11-17(22)20(2)3;1-13(12-20)18-17(22)15-9-6-8-14(11-15)7-4-5-10-16(21)19(2)3;1-13(12-19)18-17(21)15-9-6-8-14(11-15)7-4-3-5-10-16(20)22-2;1-12(11-19)18-16(21)14-8-5-7-13(10-14)6-3-2-4-9-15(17)20/h6,8-11,13,15,22H,4-5,7,12,14H2,1-3H3,(H,20,24);7,9-10,12,14,21H,4-6,8,11,13H2,1-3H3,(H,19,23);4,6-9,11,13,20H,5,10,12H2,1-3H3,(H,18,22);4,6-9,11,13,19H,3,5,10,12H2,1-2H3,(H,18,21);3,5-8,10,12,19H,2,4,9,11H2,1H3,(H2,17,20)(H,18,21)/b9-6-;;2*7-4-;6-3-. The van der Waals surface area contributed by atoms with Crippen LogP contribution < -0.4 is 32.3 Å². The van der Waals surface area contributed by atoms with Crippen LogP contribution in [0.5, 0.6) is 0 Å². The summed E-state index contributed by atoms with van der Waals surface area (Å²) in [5.41, 5.74) is 12.7. The van der Waals surface area contributed by atoms with Crippen LogP contribution in [0.4, 0.5) is 0 Å². The van der Waals surface area contributed by atoms with Crippen LogP contribution in [0, 0.1) is 0 Å². The molecule has 0 saturated heterocycles. The first kappa shape index (κ1) is 99.6. The summed E-state index contributed by atoms with van der Waals surface area (Å²) in [6, 6.07) is 35.3. The van der Waals surface area contributed by atoms with E-state index in [1.165, 1.54) is 7.11 Å². The molecule has 12 N–H and O–H groups in total. The molecule has 0 aliphatic rings. The van der Waals surface area contributed by atoms with Crippen molar-refractivity contribution in [2.45, 2.75) is 174 Å². The Morgan fingerprint density at radius 1 is 0.357 bits per heavy atom. The quantitative estimate of drug-likeness (QED) is 0.0128. The first-order chi connectivity index (χ1) is 53.4. The molecule has 112 heavy (non-hydrogen) atoms. The van der Waals surface area contributed by atoms with E-state index < -0.39 is 0 Å². The third-order valence-electron chi connectivity index (χ3n) is 16.4. The van der Waals surface area contributed by atoms with Crippen LogP contribution in [0.15, 0.2) is 146 Å². The summed E-state index contributed by atoms with van der Waals surface area (Å²) in [7, 11) is 11.9. The zero-order valence-electron chi connectivity index (χ0n) is 67.8. The summed E-state index contributed by atoms with van der Waals surface area (Å²) in [4.78, 5) is 121. The predicted molar refractivity (Wildman–Crippen MR) is 443 cm³/mol. The van der Waals surface area contributed by atoms with E-state index in [0.29, 0.717) is 66.3 Å². The lowest BCUT2D eigenvalue weighted by Crippen LogP contribution is -2.34. The number of benzene rings is 5. The van der Waals surface area contributed by atoms with Crippen molar-refractivity contribution >= 4 is 83.4 Å². The monoisotopic (exact) mass is 1550 g/mol. The van der Waals surface area contributed by atoms with E-state index in [4.69, 9.17) is 31.3 Å². The second kappa shape index (κ2) is 59.4. The molecule has 0 aromatic heterocycles. The highest BCUT2D eigenvalue weighted by atomic mass is 16.5. The summed E-state index contributed by atoms with van der Waals surface area (Å²) in [5.74, 6) is -1.04. The van der Waals surface area contributed by atoms with E-state index in [1.54, 1.807) is 140 Å². The minimum absolute atomic E-state index is 0.0723. The minimum Gasteiger partial charge on any atom is -0.469 e. The number of aliphatic hydroxyl groups excluding tert-OH is 5. The van der Waals surface area contributed by atoms with Crippen LogP contribution in [-0.2, 0) is 35.1 Å². The number of allylic oxidation sites excluding steroid dienone is 4. The molecule has 9 amide bonds. The maximum absolute atomic E-state index is 12.0. The van der Waals surface area contributed by atoms with Gasteiger partial charge >= 0.3 is 5.97 Å². The number of carbonyl (C=O) groups excluding carboxylic acids is 10. The van der Waals surface area contributed by atoms with Gasteiger partial charge in [-0.3, -0.25) is 47.9 Å². The van der Waals surface area contributed by atoms with Gasteiger partial charge in [0.15, 0.2) is 0 Å². The van der Waals surface area contributed by atoms with Crippen LogP contribution >= 0.6 is 0 Å². The largest absolute Gasteiger partial charge is 0.469 e. The number of aryl methyl sites for hydroxylation is 1. The van der Waals surface area contributed by atoms with Crippen LogP contribution in [-0.4, -0.2) is 212 Å². The molecule has 614 valence electrons. The van der Waals surface area contributed by atoms with E-state index >= 15 is 0 Å². The SMILES string of the molecule is CC(CO)NC(=O)c1cccc(/C=C\CCC(=O)N(C)C)c1.CC(CO)NC(=O)c1cccc(/C=C\CCCC(N)=O)c1.CC(CO)NC(=O)c1cccc(/C=C\CCCCC(=O)N(C)C)c1.CC(CO)NC(=O)c1cccc(CCCCCC(=O)N(C)C)c1.COC(=O)CCC/C=C\c1cccc(C(=O)NC(C)CO)c1. The van der Waals surface area contributed by atoms with Gasteiger partial charge in [0.2, 0.25) is 23.6 Å². The van der Waals surface area contributed by atoms with Crippen LogP contribution in [0.3, 0.4) is 0 Å². The van der Waals surface area contributed by atoms with Crippen LogP contribution in [0.1, 0.15) is 217 Å². The van der Waals surface area contributed by atoms with Crippen molar-refractivity contribution in [2.24, 2.45) is 5.73 Å². The van der Waals surface area contributed by atoms with Crippen molar-refractivity contribution in [3.63, 3.8) is 0 Å². The lowest BCUT2D eigenvalue weighted by Gasteiger charge is -2.11. The van der Waals surface area contributed by atoms with Crippen molar-refractivity contribution in [3.8, 4) is 0 Å². The van der Waals surface area contributed by atoms with Gasteiger partial charge in [0.1, 0.15) is 0 Å². The number of amides is 9. The number of methoxy groups -OCH3 is 1. The fourth-order valence-corrected chi connectivity index (χ4v) is 9.70. The fraction of sp³-hybridized carbons (Fsp3) is 0.448. The van der Waals surface area contributed by atoms with Crippen molar-refractivity contribution < 1.29 is 78.2 Å². The van der Waals surface area contributed by atoms with E-state index in [1.807, 2.05) is 115 Å². The molecule has 5 atom stereocenters. The Morgan fingerprint density at radius 2 is 0.643 bits per heavy atom. The Bertz CT molecular complexity index is 3780. The van der Waals surface area contributed by atoms with Gasteiger partial charge in [-0.1, -0.05) is 116 Å². The number of rotatable bonds is 41. The minimum atomic E-state index is -0.292. The van der Waals surface area contributed by atoms with Gasteiger partial charge in [-0.15, -0.1) is 0 Å². The third kappa shape index (κ3) is 46.9. The second-order valence-electron chi connectivity index (χ2n) is 27.6. The van der Waals surface area contributed by atoms with Gasteiger partial charge in [-0.05, 0) is 194 Å². The van der Waals surface area contributed by atoms with Crippen molar-refractivity contribution in [1.82, 2.24) is 41.3 Å². The highest BCUT2D eigenvalue weighted by molar-refractivity contribution is 5.97. The lowest BCUT2D eigenvalue weighted by atomic mass is 10.0. The van der Waals surface area contributed by atoms with Crippen LogP contribution in [0.2, 0.25) is 0 Å². The topological polar surface area (TPSA) is 377 Å². The maximum atomic E-state index is 12.0. The Kier molecular flexibility index (Phi) is 52.8. The predicted octanol–water partition coefficient (Wildman–Crippen LogP) is 9.75. The summed E-state index contributed by atoms with van der Waals surface area (Å²) >= 11 is 0. The molecule has 0 heterocycles. The lowest BCUT2D eigenvalue weighted by molar-refractivity contribution is -0.140. The molecule has 0 aliphatic carbocycles. The van der Waals surface area contributed by atoms with E-state index in [2.05, 4.69) is 37.4 Å². The van der Waals surface area contributed by atoms with Gasteiger partial charge in [-0.25, -0.2) is 0 Å². The number of esters is 1. The highest BCUT2D eigenvalue weighted by Gasteiger charge is 2.15. The smallest absolute Gasteiger partial charge is 0.305 e. The number of unbranched alkanes of at least 4 members (excludes halogenated alkanes) is 6. The number of hydrogen-bond acceptors (Lipinski definition) is 16. The number of nitrogens with zero attached hydrogens (tertiary/aromatic N) is 3. The molecule has 5 rings (SSSR count). The third-order valence-corrected chi connectivity index (χ3v) is 16.4. The Balaban J connectivity index is 0.000000700. The molecule has 25 nitrogen and oxygen atoms in total. The first-order valence-corrected chi connectivity index (χ1v) is 38.1. The molecule has 25 heteroatoms. The van der Waals surface area contributed by atoms with Gasteiger partial charge < -0.3 is 77.3 Å². The number of hydrogen-bond donors (Lipinski definition) is 11. The molecule has 0 aliphatic heterocycles. The van der Waals surface area contributed by atoms with Gasteiger partial charge in [0.05, 0.1) is 40.1 Å². The van der Waals surface area contributed by atoms with Crippen molar-refractivity contribution in [1.29, 1.82) is 0 Å². The van der Waals surface area contributed by atoms with E-state index in [9.17, 15) is 47.9 Å². The van der Waals surface area contributed by atoms with Gasteiger partial charge in [-0.2, -0.15) is 0 Å². The number of nitrogens with two attached hydrogens (primary N) is 1. The Hall–Kier alpha value is -10.4. The number of carbonyl (C=O) groups is 10. The maximum Gasteiger partial charge on any atom is 0.305 e. The Morgan fingerprint density at radius 3 is 0.955 bits per heavy atom. The highest BCUT2D eigenvalue weighted by Crippen LogP contribution is 2.16. The molecule has 5 aromatic carbocycles. The second-order valence-corrected chi connectivity index (χ2v) is 27.6. The average Bonchev–Trinajstić information content (AvgIpc) is 0.902. The molecule has 0 fully saturated rings. The summed E-state index contributed by atoms with van der Waals surface area (Å²) in [6.07, 6.45) is 28.2. The molecule has 5 aromatic rings.